The van der Waals surface area contributed by atoms with E-state index < -0.39 is 5.41 Å². The van der Waals surface area contributed by atoms with Crippen molar-refractivity contribution in [1.82, 2.24) is 0 Å². The summed E-state index contributed by atoms with van der Waals surface area (Å²) < 4.78 is 17.7. The van der Waals surface area contributed by atoms with Crippen molar-refractivity contribution in [2.45, 2.75) is 45.4 Å². The van der Waals surface area contributed by atoms with Crippen LogP contribution in [-0.2, 0) is 10.8 Å². The summed E-state index contributed by atoms with van der Waals surface area (Å²) in [5.41, 5.74) is 20.0. The van der Waals surface area contributed by atoms with Crippen LogP contribution < -0.4 is 9.80 Å². The Labute approximate surface area is 421 Å². The fraction of sp³-hybridized carbons (Fsp3) is 0.101. The number of benzene rings is 11. The maximum Gasteiger partial charge on any atom is 0.155 e. The molecule has 11 aromatic rings. The molecule has 13 rings (SSSR count). The summed E-state index contributed by atoms with van der Waals surface area (Å²) in [7, 11) is 0. The first-order valence-electron chi connectivity index (χ1n) is 25.1. The molecule has 0 amide bonds. The van der Waals surface area contributed by atoms with Gasteiger partial charge in [-0.05, 0) is 162 Å². The van der Waals surface area contributed by atoms with E-state index in [9.17, 15) is 0 Å². The van der Waals surface area contributed by atoms with Crippen LogP contribution in [-0.4, -0.2) is 0 Å². The zero-order chi connectivity index (χ0) is 48.9. The SMILES string of the molecule is Cc1c2c3c(cccc3c3cc(N(c4ccccc4)c4cccc5c4C(C)(C)c4ccccc4-5)ccc13)C(C)(C)c1cc(N(c3ccccc3)c3cc(-c4ccccc4)cc(-c4ccccc4)c3F)ccc1-2. The van der Waals surface area contributed by atoms with Gasteiger partial charge < -0.3 is 9.80 Å². The number of nitrogens with zero attached hydrogens (tertiary/aromatic N) is 2. The maximum absolute atomic E-state index is 17.7. The Morgan fingerprint density at radius 2 is 0.917 bits per heavy atom. The molecule has 3 heteroatoms. The highest BCUT2D eigenvalue weighted by Gasteiger charge is 2.40. The zero-order valence-electron chi connectivity index (χ0n) is 41.2. The highest BCUT2D eigenvalue weighted by molar-refractivity contribution is 6.19. The minimum absolute atomic E-state index is 0.196. The third kappa shape index (κ3) is 6.61. The second kappa shape index (κ2) is 16.5. The number of aryl methyl sites for hydroxylation is 1. The molecule has 2 nitrogen and oxygen atoms in total. The second-order valence-electron chi connectivity index (χ2n) is 20.6. The van der Waals surface area contributed by atoms with Crippen LogP contribution in [0.15, 0.2) is 231 Å². The van der Waals surface area contributed by atoms with E-state index >= 15 is 4.39 Å². The van der Waals surface area contributed by atoms with Crippen LogP contribution in [0.25, 0.3) is 66.1 Å². The number of hydrogen-bond donors (Lipinski definition) is 0. The molecule has 2 aliphatic rings. The summed E-state index contributed by atoms with van der Waals surface area (Å²) in [6.07, 6.45) is 0. The number of fused-ring (bicyclic) bond motifs is 7. The molecule has 0 spiro atoms. The van der Waals surface area contributed by atoms with Gasteiger partial charge in [-0.2, -0.15) is 0 Å². The molecule has 0 bridgehead atoms. The Morgan fingerprint density at radius 3 is 1.62 bits per heavy atom. The van der Waals surface area contributed by atoms with E-state index in [1.165, 1.54) is 77.3 Å². The van der Waals surface area contributed by atoms with E-state index in [-0.39, 0.29) is 11.2 Å². The highest BCUT2D eigenvalue weighted by Crippen LogP contribution is 2.57. The van der Waals surface area contributed by atoms with E-state index in [0.29, 0.717) is 11.3 Å². The Bertz CT molecular complexity index is 3930. The molecule has 0 aliphatic heterocycles. The summed E-state index contributed by atoms with van der Waals surface area (Å²) in [5, 5.41) is 5.00. The minimum atomic E-state index is -0.404. The van der Waals surface area contributed by atoms with Crippen molar-refractivity contribution in [1.29, 1.82) is 0 Å². The average Bonchev–Trinajstić information content (AvgIpc) is 3.66. The normalized spacial score (nSPS) is 13.6. The molecule has 0 heterocycles. The first kappa shape index (κ1) is 43.5. The van der Waals surface area contributed by atoms with E-state index in [1.54, 1.807) is 0 Å². The smallest absolute Gasteiger partial charge is 0.155 e. The third-order valence-corrected chi connectivity index (χ3v) is 15.8. The Balaban J connectivity index is 1.00. The molecule has 0 aromatic heterocycles. The van der Waals surface area contributed by atoms with Gasteiger partial charge in [0, 0.05) is 39.1 Å². The van der Waals surface area contributed by atoms with E-state index in [0.717, 1.165) is 39.4 Å². The van der Waals surface area contributed by atoms with Gasteiger partial charge in [0.25, 0.3) is 0 Å². The lowest BCUT2D eigenvalue weighted by Gasteiger charge is -2.38. The van der Waals surface area contributed by atoms with Crippen molar-refractivity contribution < 1.29 is 4.39 Å². The molecule has 0 N–H and O–H groups in total. The maximum atomic E-state index is 17.7. The Hall–Kier alpha value is -8.53. The molecule has 11 aromatic carbocycles. The minimum Gasteiger partial charge on any atom is -0.310 e. The molecular formula is C69H53FN2. The third-order valence-electron chi connectivity index (χ3n) is 15.8. The van der Waals surface area contributed by atoms with Crippen molar-refractivity contribution in [3.05, 3.63) is 264 Å². The zero-order valence-corrected chi connectivity index (χ0v) is 41.2. The number of halogens is 1. The van der Waals surface area contributed by atoms with Crippen molar-refractivity contribution >= 4 is 55.7 Å². The average molecular weight is 929 g/mol. The number of anilines is 6. The van der Waals surface area contributed by atoms with Crippen molar-refractivity contribution in [3.8, 4) is 44.5 Å². The van der Waals surface area contributed by atoms with Crippen molar-refractivity contribution in [2.24, 2.45) is 0 Å². The number of hydrogen-bond acceptors (Lipinski definition) is 2. The fourth-order valence-corrected chi connectivity index (χ4v) is 12.4. The van der Waals surface area contributed by atoms with Gasteiger partial charge in [0.1, 0.15) is 0 Å². The standard InChI is InChI=1S/C69H53FN2/c1-44-52-38-36-50(71(48-26-14-8-15-27-48)62-35-21-32-55-53-30-18-19-33-59(53)69(4,5)66(55)62)42-58(52)54-31-20-34-60-65(54)64(44)56-39-37-51(43-61(56)68(60,2)3)72(49-28-16-9-17-29-49)63-41-47(45-22-10-6-11-23-45)40-57(67(63)70)46-24-12-7-13-25-46/h6-43H,1-5H3. The molecule has 346 valence electrons. The molecular weight excluding hydrogens is 876 g/mol. The summed E-state index contributed by atoms with van der Waals surface area (Å²) in [6, 6.07) is 81.8. The lowest BCUT2D eigenvalue weighted by atomic mass is 9.67. The van der Waals surface area contributed by atoms with Gasteiger partial charge in [0.15, 0.2) is 5.82 Å². The quantitative estimate of drug-likeness (QED) is 0.140. The monoisotopic (exact) mass is 928 g/mol. The first-order chi connectivity index (χ1) is 35.1. The van der Waals surface area contributed by atoms with Gasteiger partial charge in [-0.15, -0.1) is 0 Å². The van der Waals surface area contributed by atoms with Crippen LogP contribution in [0.2, 0.25) is 0 Å². The van der Waals surface area contributed by atoms with Gasteiger partial charge in [0.2, 0.25) is 0 Å². The molecule has 0 radical (unpaired) electrons. The molecule has 0 atom stereocenters. The molecule has 0 saturated carbocycles. The van der Waals surface area contributed by atoms with Gasteiger partial charge in [-0.25, -0.2) is 4.39 Å². The molecule has 0 unspecified atom stereocenters. The van der Waals surface area contributed by atoms with Gasteiger partial charge >= 0.3 is 0 Å². The van der Waals surface area contributed by atoms with Gasteiger partial charge in [-0.1, -0.05) is 191 Å². The van der Waals surface area contributed by atoms with Crippen molar-refractivity contribution in [3.63, 3.8) is 0 Å². The summed E-state index contributed by atoms with van der Waals surface area (Å²) >= 11 is 0. The predicted octanol–water partition coefficient (Wildman–Crippen LogP) is 19.3. The molecule has 0 fully saturated rings. The Morgan fingerprint density at radius 1 is 0.347 bits per heavy atom. The first-order valence-corrected chi connectivity index (χ1v) is 25.1. The topological polar surface area (TPSA) is 6.48 Å². The number of rotatable bonds is 8. The Kier molecular flexibility index (Phi) is 9.99. The van der Waals surface area contributed by atoms with E-state index in [1.807, 2.05) is 78.9 Å². The highest BCUT2D eigenvalue weighted by atomic mass is 19.1. The van der Waals surface area contributed by atoms with Crippen LogP contribution in [0.3, 0.4) is 0 Å². The lowest BCUT2D eigenvalue weighted by molar-refractivity contribution is 0.632. The van der Waals surface area contributed by atoms with Crippen LogP contribution in [0, 0.1) is 12.7 Å². The number of para-hydroxylation sites is 2. The molecule has 0 saturated heterocycles. The molecule has 72 heavy (non-hydrogen) atoms. The van der Waals surface area contributed by atoms with E-state index in [4.69, 9.17) is 0 Å². The molecule has 2 aliphatic carbocycles. The summed E-state index contributed by atoms with van der Waals surface area (Å²) in [5.74, 6) is -0.269. The van der Waals surface area contributed by atoms with Gasteiger partial charge in [-0.3, -0.25) is 0 Å². The predicted molar refractivity (Wildman–Crippen MR) is 302 cm³/mol. The van der Waals surface area contributed by atoms with Crippen molar-refractivity contribution in [2.75, 3.05) is 9.80 Å². The van der Waals surface area contributed by atoms with E-state index in [2.05, 4.69) is 196 Å². The summed E-state index contributed by atoms with van der Waals surface area (Å²) in [6.45, 7) is 11.7. The van der Waals surface area contributed by atoms with Gasteiger partial charge in [0.05, 0.1) is 11.4 Å². The van der Waals surface area contributed by atoms with Crippen LogP contribution >= 0.6 is 0 Å². The lowest BCUT2D eigenvalue weighted by Crippen LogP contribution is -2.25. The fourth-order valence-electron chi connectivity index (χ4n) is 12.4. The second-order valence-corrected chi connectivity index (χ2v) is 20.6. The van der Waals surface area contributed by atoms with Crippen LogP contribution in [0.4, 0.5) is 38.5 Å². The van der Waals surface area contributed by atoms with Crippen LogP contribution in [0.1, 0.15) is 55.5 Å². The summed E-state index contributed by atoms with van der Waals surface area (Å²) in [4.78, 5) is 4.58. The largest absolute Gasteiger partial charge is 0.310 e. The van der Waals surface area contributed by atoms with Crippen LogP contribution in [0.5, 0.6) is 0 Å².